The van der Waals surface area contributed by atoms with Crippen LogP contribution < -0.4 is 0 Å². The third-order valence-electron chi connectivity index (χ3n) is 4.73. The summed E-state index contributed by atoms with van der Waals surface area (Å²) in [6.45, 7) is 8.74. The van der Waals surface area contributed by atoms with Gasteiger partial charge >= 0.3 is 6.09 Å². The molecule has 0 unspecified atom stereocenters. The first kappa shape index (κ1) is 21.1. The molecular weight excluding hydrogens is 381 g/mol. The van der Waals surface area contributed by atoms with Crippen molar-refractivity contribution >= 4 is 41.1 Å². The van der Waals surface area contributed by atoms with Gasteiger partial charge in [-0.05, 0) is 34.1 Å². The standard InChI is InChI=1S/C17H27Cl2N3O4/c1-15(2,3)26-14(25)22-8-6-21(7-9-22)12(23)10-20(5)13(24)16(4)11-17(16,18)19/h6-11H2,1-5H3/t16-/m0/s1. The highest BCUT2D eigenvalue weighted by Gasteiger charge is 2.68. The molecule has 0 radical (unpaired) electrons. The molecule has 26 heavy (non-hydrogen) atoms. The highest BCUT2D eigenvalue weighted by Crippen LogP contribution is 2.64. The molecule has 7 nitrogen and oxygen atoms in total. The zero-order chi connectivity index (χ0) is 19.9. The van der Waals surface area contributed by atoms with E-state index in [4.69, 9.17) is 27.9 Å². The molecule has 1 saturated heterocycles. The summed E-state index contributed by atoms with van der Waals surface area (Å²) in [5, 5.41) is 0. The van der Waals surface area contributed by atoms with E-state index in [1.165, 1.54) is 4.90 Å². The van der Waals surface area contributed by atoms with E-state index < -0.39 is 15.3 Å². The van der Waals surface area contributed by atoms with Crippen molar-refractivity contribution in [2.24, 2.45) is 5.41 Å². The SMILES string of the molecule is CN(CC(=O)N1CCN(C(=O)OC(C)(C)C)CC1)C(=O)[C@]1(C)CC1(Cl)Cl. The number of halogens is 2. The topological polar surface area (TPSA) is 70.2 Å². The fourth-order valence-electron chi connectivity index (χ4n) is 2.89. The van der Waals surface area contributed by atoms with Crippen LogP contribution in [0.15, 0.2) is 0 Å². The van der Waals surface area contributed by atoms with Gasteiger partial charge in [0.15, 0.2) is 0 Å². The molecule has 0 spiro atoms. The predicted molar refractivity (Wildman–Crippen MR) is 99.2 cm³/mol. The Bertz CT molecular complexity index is 597. The number of carbonyl (C=O) groups excluding carboxylic acids is 3. The largest absolute Gasteiger partial charge is 0.444 e. The Morgan fingerprint density at radius 1 is 1.08 bits per heavy atom. The summed E-state index contributed by atoms with van der Waals surface area (Å²) >= 11 is 12.1. The third kappa shape index (κ3) is 4.55. The molecule has 0 bridgehead atoms. The number of hydrogen-bond donors (Lipinski definition) is 0. The summed E-state index contributed by atoms with van der Waals surface area (Å²) in [6.07, 6.45) is 0.00815. The van der Waals surface area contributed by atoms with Crippen LogP contribution in [0.3, 0.4) is 0 Å². The highest BCUT2D eigenvalue weighted by atomic mass is 35.5. The molecule has 3 amide bonds. The van der Waals surface area contributed by atoms with Gasteiger partial charge < -0.3 is 19.4 Å². The van der Waals surface area contributed by atoms with Crippen LogP contribution in [0.4, 0.5) is 4.79 Å². The van der Waals surface area contributed by atoms with Crippen molar-refractivity contribution in [2.45, 2.75) is 44.1 Å². The van der Waals surface area contributed by atoms with E-state index in [9.17, 15) is 14.4 Å². The van der Waals surface area contributed by atoms with Gasteiger partial charge in [-0.15, -0.1) is 23.2 Å². The number of rotatable bonds is 3. The summed E-state index contributed by atoms with van der Waals surface area (Å²) < 4.78 is 4.28. The predicted octanol–water partition coefficient (Wildman–Crippen LogP) is 2.11. The molecule has 148 valence electrons. The van der Waals surface area contributed by atoms with Crippen molar-refractivity contribution < 1.29 is 19.1 Å². The first-order valence-corrected chi connectivity index (χ1v) is 9.41. The quantitative estimate of drug-likeness (QED) is 0.671. The van der Waals surface area contributed by atoms with Crippen molar-refractivity contribution in [1.82, 2.24) is 14.7 Å². The lowest BCUT2D eigenvalue weighted by atomic mass is 10.1. The Labute approximate surface area is 164 Å². The summed E-state index contributed by atoms with van der Waals surface area (Å²) in [4.78, 5) is 41.6. The van der Waals surface area contributed by atoms with Crippen molar-refractivity contribution in [3.8, 4) is 0 Å². The summed E-state index contributed by atoms with van der Waals surface area (Å²) in [7, 11) is 1.57. The first-order valence-electron chi connectivity index (χ1n) is 8.66. The molecule has 0 aromatic heterocycles. The van der Waals surface area contributed by atoms with Gasteiger partial charge in [-0.1, -0.05) is 0 Å². The number of piperazine rings is 1. The smallest absolute Gasteiger partial charge is 0.410 e. The number of likely N-dealkylation sites (N-methyl/N-ethyl adjacent to an activating group) is 1. The van der Waals surface area contributed by atoms with E-state index in [1.807, 2.05) is 20.8 Å². The Balaban J connectivity index is 1.81. The van der Waals surface area contributed by atoms with E-state index >= 15 is 0 Å². The van der Waals surface area contributed by atoms with Crippen LogP contribution in [0.5, 0.6) is 0 Å². The van der Waals surface area contributed by atoms with Crippen LogP contribution in [0, 0.1) is 5.41 Å². The maximum atomic E-state index is 12.5. The van der Waals surface area contributed by atoms with Crippen molar-refractivity contribution in [2.75, 3.05) is 39.8 Å². The fraction of sp³-hybridized carbons (Fsp3) is 0.824. The van der Waals surface area contributed by atoms with Crippen molar-refractivity contribution in [1.29, 1.82) is 0 Å². The molecule has 9 heteroatoms. The maximum Gasteiger partial charge on any atom is 0.410 e. The Kier molecular flexibility index (Phi) is 5.74. The Hall–Kier alpha value is -1.21. The summed E-state index contributed by atoms with van der Waals surface area (Å²) in [5.74, 6) is -0.396. The van der Waals surface area contributed by atoms with Gasteiger partial charge in [0.25, 0.3) is 0 Å². The van der Waals surface area contributed by atoms with Crippen molar-refractivity contribution in [3.05, 3.63) is 0 Å². The highest BCUT2D eigenvalue weighted by molar-refractivity contribution is 6.53. The Morgan fingerprint density at radius 2 is 1.54 bits per heavy atom. The van der Waals surface area contributed by atoms with Gasteiger partial charge in [0.2, 0.25) is 11.8 Å². The molecular formula is C17H27Cl2N3O4. The zero-order valence-corrected chi connectivity index (χ0v) is 17.5. The van der Waals surface area contributed by atoms with E-state index in [-0.39, 0.29) is 24.5 Å². The normalized spacial score (nSPS) is 24.9. The van der Waals surface area contributed by atoms with Crippen LogP contribution in [0.2, 0.25) is 0 Å². The van der Waals surface area contributed by atoms with Crippen LogP contribution in [-0.2, 0) is 14.3 Å². The van der Waals surface area contributed by atoms with Crippen LogP contribution in [0.25, 0.3) is 0 Å². The average molecular weight is 408 g/mol. The first-order chi connectivity index (χ1) is 11.8. The third-order valence-corrected chi connectivity index (χ3v) is 5.83. The molecule has 0 aromatic rings. The van der Waals surface area contributed by atoms with Gasteiger partial charge in [0.05, 0.1) is 12.0 Å². The van der Waals surface area contributed by atoms with Gasteiger partial charge in [0, 0.05) is 33.2 Å². The average Bonchev–Trinajstić information content (AvgIpc) is 3.04. The zero-order valence-electron chi connectivity index (χ0n) is 16.0. The maximum absolute atomic E-state index is 12.5. The monoisotopic (exact) mass is 407 g/mol. The van der Waals surface area contributed by atoms with Crippen LogP contribution in [0.1, 0.15) is 34.1 Å². The minimum Gasteiger partial charge on any atom is -0.444 e. The molecule has 2 rings (SSSR count). The van der Waals surface area contributed by atoms with E-state index in [0.717, 1.165) is 0 Å². The number of carbonyl (C=O) groups is 3. The van der Waals surface area contributed by atoms with Gasteiger partial charge in [-0.2, -0.15) is 0 Å². The number of hydrogen-bond acceptors (Lipinski definition) is 4. The summed E-state index contributed by atoms with van der Waals surface area (Å²) in [6, 6.07) is 0. The van der Waals surface area contributed by atoms with Crippen LogP contribution in [-0.4, -0.2) is 82.3 Å². The molecule has 2 aliphatic rings. The molecule has 1 atom stereocenters. The minimum absolute atomic E-state index is 0.0370. The Morgan fingerprint density at radius 3 is 1.96 bits per heavy atom. The second-order valence-electron chi connectivity index (χ2n) is 8.22. The van der Waals surface area contributed by atoms with E-state index in [2.05, 4.69) is 0 Å². The lowest BCUT2D eigenvalue weighted by molar-refractivity contribution is -0.143. The molecule has 1 aliphatic carbocycles. The lowest BCUT2D eigenvalue weighted by Crippen LogP contribution is -2.53. The van der Waals surface area contributed by atoms with E-state index in [1.54, 1.807) is 23.8 Å². The summed E-state index contributed by atoms with van der Waals surface area (Å²) in [5.41, 5.74) is -1.38. The minimum atomic E-state index is -1.06. The molecule has 1 aliphatic heterocycles. The molecule has 1 saturated carbocycles. The second kappa shape index (κ2) is 7.08. The van der Waals surface area contributed by atoms with Gasteiger partial charge in [0.1, 0.15) is 9.93 Å². The molecule has 1 heterocycles. The number of nitrogens with zero attached hydrogens (tertiary/aromatic N) is 3. The number of alkyl halides is 2. The van der Waals surface area contributed by atoms with Gasteiger partial charge in [-0.25, -0.2) is 4.79 Å². The van der Waals surface area contributed by atoms with Gasteiger partial charge in [-0.3, -0.25) is 9.59 Å². The molecule has 0 aromatic carbocycles. The lowest BCUT2D eigenvalue weighted by Gasteiger charge is -2.36. The number of ether oxygens (including phenoxy) is 1. The number of amides is 3. The van der Waals surface area contributed by atoms with Crippen molar-refractivity contribution in [3.63, 3.8) is 0 Å². The molecule has 0 N–H and O–H groups in total. The second-order valence-corrected chi connectivity index (χ2v) is 9.71. The van der Waals surface area contributed by atoms with Crippen LogP contribution >= 0.6 is 23.2 Å². The molecule has 2 fully saturated rings. The fourth-order valence-corrected chi connectivity index (χ4v) is 3.59. The van der Waals surface area contributed by atoms with E-state index in [0.29, 0.717) is 32.6 Å².